The number of nitrogens with zero attached hydrogens (tertiary/aromatic N) is 2. The van der Waals surface area contributed by atoms with Crippen LogP contribution in [0.5, 0.6) is 0 Å². The third kappa shape index (κ3) is 1.91. The Bertz CT molecular complexity index is 806. The van der Waals surface area contributed by atoms with Crippen LogP contribution >= 0.6 is 11.3 Å². The van der Waals surface area contributed by atoms with Gasteiger partial charge in [0, 0.05) is 30.2 Å². The van der Waals surface area contributed by atoms with Gasteiger partial charge in [-0.05, 0) is 12.1 Å². The summed E-state index contributed by atoms with van der Waals surface area (Å²) in [4.78, 5) is 6.94. The van der Waals surface area contributed by atoms with E-state index in [1.54, 1.807) is 17.6 Å². The predicted molar refractivity (Wildman–Crippen MR) is 76.0 cm³/mol. The highest BCUT2D eigenvalue weighted by Gasteiger charge is 2.25. The minimum Gasteiger partial charge on any atom is -0.359 e. The molecule has 7 heteroatoms. The zero-order chi connectivity index (χ0) is 13.5. The molecule has 0 amide bonds. The lowest BCUT2D eigenvalue weighted by Gasteiger charge is -2.18. The molecule has 0 bridgehead atoms. The maximum atomic E-state index is 12.4. The Morgan fingerprint density at radius 3 is 2.89 bits per heavy atom. The van der Waals surface area contributed by atoms with Crippen LogP contribution in [-0.4, -0.2) is 25.4 Å². The van der Waals surface area contributed by atoms with E-state index in [0.717, 1.165) is 22.2 Å². The van der Waals surface area contributed by atoms with Gasteiger partial charge in [0.15, 0.2) is 0 Å². The van der Waals surface area contributed by atoms with E-state index in [-0.39, 0.29) is 4.34 Å². The Morgan fingerprint density at radius 2 is 2.16 bits per heavy atom. The van der Waals surface area contributed by atoms with Crippen molar-refractivity contribution in [1.29, 1.82) is 0 Å². The molecule has 2 heterocycles. The van der Waals surface area contributed by atoms with Crippen molar-refractivity contribution >= 4 is 38.0 Å². The molecule has 98 valence electrons. The van der Waals surface area contributed by atoms with E-state index in [1.165, 1.54) is 17.5 Å². The van der Waals surface area contributed by atoms with Gasteiger partial charge in [0.05, 0.1) is 11.2 Å². The molecule has 0 spiro atoms. The Balaban J connectivity index is 2.15. The minimum absolute atomic E-state index is 0.0959. The summed E-state index contributed by atoms with van der Waals surface area (Å²) in [5.41, 5.74) is 1.41. The quantitative estimate of drug-likeness (QED) is 0.806. The van der Waals surface area contributed by atoms with E-state index in [9.17, 15) is 8.42 Å². The number of anilines is 1. The van der Waals surface area contributed by atoms with Crippen molar-refractivity contribution in [3.8, 4) is 0 Å². The molecule has 19 heavy (non-hydrogen) atoms. The van der Waals surface area contributed by atoms with E-state index in [0.29, 0.717) is 5.69 Å². The number of fused-ring (bicyclic) bond motifs is 1. The normalized spacial score (nSPS) is 11.8. The van der Waals surface area contributed by atoms with Crippen molar-refractivity contribution in [3.05, 3.63) is 42.0 Å². The summed E-state index contributed by atoms with van der Waals surface area (Å²) in [7, 11) is -2.06. The van der Waals surface area contributed by atoms with Gasteiger partial charge < -0.3 is 4.98 Å². The van der Waals surface area contributed by atoms with E-state index in [1.807, 2.05) is 18.2 Å². The van der Waals surface area contributed by atoms with Crippen LogP contribution in [0, 0.1) is 0 Å². The van der Waals surface area contributed by atoms with Crippen LogP contribution in [0.2, 0.25) is 0 Å². The summed E-state index contributed by atoms with van der Waals surface area (Å²) in [5, 5.41) is 2.62. The lowest BCUT2D eigenvalue weighted by Crippen LogP contribution is -2.26. The number of H-pyrrole nitrogens is 1. The predicted octanol–water partition coefficient (Wildman–Crippen LogP) is 2.45. The number of nitrogens with one attached hydrogen (secondary N) is 1. The summed E-state index contributed by atoms with van der Waals surface area (Å²) in [6, 6.07) is 7.44. The molecule has 3 aromatic rings. The average Bonchev–Trinajstić information content (AvgIpc) is 3.07. The Hall–Kier alpha value is -1.86. The third-order valence-corrected chi connectivity index (χ3v) is 5.85. The summed E-state index contributed by atoms with van der Waals surface area (Å²) in [6.07, 6.45) is 3.28. The Morgan fingerprint density at radius 1 is 1.32 bits per heavy atom. The van der Waals surface area contributed by atoms with Crippen molar-refractivity contribution in [2.75, 3.05) is 11.4 Å². The molecule has 0 aliphatic rings. The molecule has 0 fully saturated rings. The number of hydrogen-bond acceptors (Lipinski definition) is 4. The zero-order valence-corrected chi connectivity index (χ0v) is 11.7. The van der Waals surface area contributed by atoms with Gasteiger partial charge in [-0.3, -0.25) is 4.31 Å². The Kier molecular flexibility index (Phi) is 2.79. The van der Waals surface area contributed by atoms with Gasteiger partial charge in [-0.2, -0.15) is 8.42 Å². The molecule has 5 nitrogen and oxygen atoms in total. The highest BCUT2D eigenvalue weighted by molar-refractivity contribution is 7.94. The van der Waals surface area contributed by atoms with Crippen LogP contribution in [-0.2, 0) is 10.0 Å². The van der Waals surface area contributed by atoms with E-state index >= 15 is 0 Å². The maximum Gasteiger partial charge on any atom is 0.291 e. The zero-order valence-electron chi connectivity index (χ0n) is 10.1. The van der Waals surface area contributed by atoms with Gasteiger partial charge in [0.2, 0.25) is 4.34 Å². The first-order valence-corrected chi connectivity index (χ1v) is 7.87. The molecule has 1 N–H and O–H groups in total. The summed E-state index contributed by atoms with van der Waals surface area (Å²) in [5.74, 6) is 0. The van der Waals surface area contributed by atoms with Crippen molar-refractivity contribution in [1.82, 2.24) is 9.97 Å². The summed E-state index contributed by atoms with van der Waals surface area (Å²) < 4.78 is 26.2. The number of para-hydroxylation sites is 1. The maximum absolute atomic E-state index is 12.4. The molecule has 0 unspecified atom stereocenters. The highest BCUT2D eigenvalue weighted by atomic mass is 32.2. The van der Waals surface area contributed by atoms with Crippen LogP contribution in [0.1, 0.15) is 0 Å². The Labute approximate surface area is 114 Å². The van der Waals surface area contributed by atoms with Crippen molar-refractivity contribution in [3.63, 3.8) is 0 Å². The largest absolute Gasteiger partial charge is 0.359 e. The fourth-order valence-corrected chi connectivity index (χ4v) is 4.10. The van der Waals surface area contributed by atoms with Crippen LogP contribution in [0.15, 0.2) is 46.4 Å². The molecule has 1 aromatic carbocycles. The average molecular weight is 293 g/mol. The van der Waals surface area contributed by atoms with Gasteiger partial charge in [-0.25, -0.2) is 4.98 Å². The lowest BCUT2D eigenvalue weighted by molar-refractivity contribution is 0.593. The fraction of sp³-hybridized carbons (Fsp3) is 0.0833. The van der Waals surface area contributed by atoms with E-state index < -0.39 is 10.0 Å². The number of sulfonamides is 1. The van der Waals surface area contributed by atoms with Crippen LogP contribution in [0.4, 0.5) is 5.69 Å². The molecule has 3 rings (SSSR count). The molecule has 0 aliphatic carbocycles. The van der Waals surface area contributed by atoms with Crippen LogP contribution in [0.25, 0.3) is 10.9 Å². The number of aromatic nitrogens is 2. The topological polar surface area (TPSA) is 66.1 Å². The first-order chi connectivity index (χ1) is 9.10. The number of benzene rings is 1. The van der Waals surface area contributed by atoms with E-state index in [4.69, 9.17) is 0 Å². The fourth-order valence-electron chi connectivity index (χ4n) is 1.92. The molecule has 0 saturated heterocycles. The second-order valence-electron chi connectivity index (χ2n) is 3.99. The number of thiazole rings is 1. The standard InChI is InChI=1S/C12H11N3O2S2/c1-15(19(16,17)12-14-7-8-18-12)10-4-2-3-9-5-6-13-11(9)10/h2-8,13H,1H3. The summed E-state index contributed by atoms with van der Waals surface area (Å²) in [6.45, 7) is 0. The molecule has 0 radical (unpaired) electrons. The number of rotatable bonds is 3. The number of hydrogen-bond donors (Lipinski definition) is 1. The van der Waals surface area contributed by atoms with Crippen molar-refractivity contribution < 1.29 is 8.42 Å². The lowest BCUT2D eigenvalue weighted by atomic mass is 10.2. The van der Waals surface area contributed by atoms with E-state index in [2.05, 4.69) is 9.97 Å². The molecule has 0 atom stereocenters. The van der Waals surface area contributed by atoms with Gasteiger partial charge in [0.25, 0.3) is 10.0 Å². The first kappa shape index (κ1) is 12.2. The third-order valence-electron chi connectivity index (χ3n) is 2.90. The minimum atomic E-state index is -3.60. The second kappa shape index (κ2) is 4.36. The van der Waals surface area contributed by atoms with Crippen LogP contribution < -0.4 is 4.31 Å². The molecule has 2 aromatic heterocycles. The summed E-state index contributed by atoms with van der Waals surface area (Å²) >= 11 is 1.11. The molecule has 0 aliphatic heterocycles. The van der Waals surface area contributed by atoms with Gasteiger partial charge in [-0.15, -0.1) is 11.3 Å². The van der Waals surface area contributed by atoms with Gasteiger partial charge in [-0.1, -0.05) is 12.1 Å². The number of aromatic amines is 1. The highest BCUT2D eigenvalue weighted by Crippen LogP contribution is 2.29. The van der Waals surface area contributed by atoms with Crippen molar-refractivity contribution in [2.45, 2.75) is 4.34 Å². The molecular formula is C12H11N3O2S2. The molecular weight excluding hydrogens is 282 g/mol. The molecule has 0 saturated carbocycles. The van der Waals surface area contributed by atoms with Gasteiger partial charge >= 0.3 is 0 Å². The van der Waals surface area contributed by atoms with Crippen molar-refractivity contribution in [2.24, 2.45) is 0 Å². The second-order valence-corrected chi connectivity index (χ2v) is 7.03. The van der Waals surface area contributed by atoms with Crippen LogP contribution in [0.3, 0.4) is 0 Å². The SMILES string of the molecule is CN(c1cccc2cc[nH]c12)S(=O)(=O)c1nccs1. The first-order valence-electron chi connectivity index (χ1n) is 5.55. The monoisotopic (exact) mass is 293 g/mol. The smallest absolute Gasteiger partial charge is 0.291 e. The van der Waals surface area contributed by atoms with Gasteiger partial charge in [0.1, 0.15) is 0 Å².